The van der Waals surface area contributed by atoms with Crippen molar-refractivity contribution in [2.24, 2.45) is 0 Å². The Morgan fingerprint density at radius 3 is 2.64 bits per heavy atom. The van der Waals surface area contributed by atoms with Gasteiger partial charge < -0.3 is 9.80 Å². The van der Waals surface area contributed by atoms with Crippen molar-refractivity contribution in [3.05, 3.63) is 46.4 Å². The number of aryl methyl sites for hydroxylation is 2. The standard InChI is InChI=1S/C22H30N4OS/c1-18-21(28-17-23-18)9-10-22(27)26-11-5-8-20(16-26)25-14-12-24(13-15-25)19-6-3-2-4-7-19/h2-4,6-7,17,20H,5,8-16H2,1H3. The maximum absolute atomic E-state index is 12.8. The Bertz CT molecular complexity index is 770. The van der Waals surface area contributed by atoms with E-state index in [1.165, 1.54) is 17.0 Å². The Morgan fingerprint density at radius 2 is 1.93 bits per heavy atom. The topological polar surface area (TPSA) is 39.7 Å². The minimum atomic E-state index is 0.306. The van der Waals surface area contributed by atoms with Gasteiger partial charge in [0, 0.05) is 62.3 Å². The fourth-order valence-electron chi connectivity index (χ4n) is 4.41. The van der Waals surface area contributed by atoms with Crippen LogP contribution in [-0.2, 0) is 11.2 Å². The summed E-state index contributed by atoms with van der Waals surface area (Å²) < 4.78 is 0. The number of thiazole rings is 1. The highest BCUT2D eigenvalue weighted by molar-refractivity contribution is 7.09. The summed E-state index contributed by atoms with van der Waals surface area (Å²) in [5.74, 6) is 0.306. The van der Waals surface area contributed by atoms with Crippen LogP contribution in [0.2, 0.25) is 0 Å². The van der Waals surface area contributed by atoms with Crippen molar-refractivity contribution in [1.29, 1.82) is 0 Å². The molecule has 0 saturated carbocycles. The summed E-state index contributed by atoms with van der Waals surface area (Å²) in [6.07, 6.45) is 3.77. The number of nitrogens with zero attached hydrogens (tertiary/aromatic N) is 4. The lowest BCUT2D eigenvalue weighted by Gasteiger charge is -2.44. The SMILES string of the molecule is Cc1ncsc1CCC(=O)N1CCCC(N2CCN(c3ccccc3)CC2)C1. The van der Waals surface area contributed by atoms with E-state index in [9.17, 15) is 4.79 Å². The van der Waals surface area contributed by atoms with Crippen LogP contribution in [0, 0.1) is 6.92 Å². The molecule has 6 heteroatoms. The number of likely N-dealkylation sites (tertiary alicyclic amines) is 1. The second-order valence-electron chi connectivity index (χ2n) is 7.86. The largest absolute Gasteiger partial charge is 0.369 e. The number of amides is 1. The summed E-state index contributed by atoms with van der Waals surface area (Å²) in [5, 5.41) is 0. The third kappa shape index (κ3) is 4.55. The fraction of sp³-hybridized carbons (Fsp3) is 0.545. The number of aromatic nitrogens is 1. The average Bonchev–Trinajstić information content (AvgIpc) is 3.17. The number of hydrogen-bond acceptors (Lipinski definition) is 5. The average molecular weight is 399 g/mol. The Kier molecular flexibility index (Phi) is 6.27. The van der Waals surface area contributed by atoms with Crippen LogP contribution in [0.4, 0.5) is 5.69 Å². The van der Waals surface area contributed by atoms with E-state index in [0.717, 1.165) is 57.8 Å². The first-order valence-corrected chi connectivity index (χ1v) is 11.3. The zero-order valence-electron chi connectivity index (χ0n) is 16.7. The van der Waals surface area contributed by atoms with Gasteiger partial charge in [0.25, 0.3) is 0 Å². The van der Waals surface area contributed by atoms with E-state index >= 15 is 0 Å². The maximum atomic E-state index is 12.8. The predicted molar refractivity (Wildman–Crippen MR) is 115 cm³/mol. The van der Waals surface area contributed by atoms with Crippen LogP contribution in [-0.4, -0.2) is 66.0 Å². The van der Waals surface area contributed by atoms with Crippen LogP contribution in [0.3, 0.4) is 0 Å². The van der Waals surface area contributed by atoms with Gasteiger partial charge in [0.1, 0.15) is 0 Å². The number of hydrogen-bond donors (Lipinski definition) is 0. The summed E-state index contributed by atoms with van der Waals surface area (Å²) in [4.78, 5) is 25.5. The Balaban J connectivity index is 1.27. The maximum Gasteiger partial charge on any atom is 0.222 e. The molecule has 0 radical (unpaired) electrons. The molecule has 2 fully saturated rings. The van der Waals surface area contributed by atoms with E-state index in [0.29, 0.717) is 18.4 Å². The number of para-hydroxylation sites is 1. The summed E-state index contributed by atoms with van der Waals surface area (Å²) >= 11 is 1.67. The van der Waals surface area contributed by atoms with Crippen LogP contribution in [0.15, 0.2) is 35.8 Å². The third-order valence-electron chi connectivity index (χ3n) is 6.11. The molecule has 1 aromatic carbocycles. The zero-order valence-corrected chi connectivity index (χ0v) is 17.5. The molecule has 0 bridgehead atoms. The lowest BCUT2D eigenvalue weighted by Crippen LogP contribution is -2.55. The summed E-state index contributed by atoms with van der Waals surface area (Å²) in [6.45, 7) is 8.15. The van der Waals surface area contributed by atoms with Crippen molar-refractivity contribution < 1.29 is 4.79 Å². The second-order valence-corrected chi connectivity index (χ2v) is 8.79. The van der Waals surface area contributed by atoms with E-state index < -0.39 is 0 Å². The minimum absolute atomic E-state index is 0.306. The van der Waals surface area contributed by atoms with Gasteiger partial charge in [-0.15, -0.1) is 11.3 Å². The van der Waals surface area contributed by atoms with E-state index in [1.807, 2.05) is 12.4 Å². The number of anilines is 1. The van der Waals surface area contributed by atoms with Crippen LogP contribution >= 0.6 is 11.3 Å². The molecule has 150 valence electrons. The molecule has 2 saturated heterocycles. The highest BCUT2D eigenvalue weighted by Crippen LogP contribution is 2.22. The number of carbonyl (C=O) groups excluding carboxylic acids is 1. The molecular weight excluding hydrogens is 368 g/mol. The van der Waals surface area contributed by atoms with Crippen LogP contribution < -0.4 is 4.90 Å². The van der Waals surface area contributed by atoms with Crippen LogP contribution in [0.1, 0.15) is 29.8 Å². The van der Waals surface area contributed by atoms with Gasteiger partial charge in [0.2, 0.25) is 5.91 Å². The molecule has 1 aromatic heterocycles. The molecule has 0 aliphatic carbocycles. The number of benzene rings is 1. The quantitative estimate of drug-likeness (QED) is 0.775. The van der Waals surface area contributed by atoms with Crippen molar-refractivity contribution in [2.45, 2.75) is 38.6 Å². The summed E-state index contributed by atoms with van der Waals surface area (Å²) in [5.41, 5.74) is 4.27. The molecule has 0 N–H and O–H groups in total. The highest BCUT2D eigenvalue weighted by atomic mass is 32.1. The molecule has 5 nitrogen and oxygen atoms in total. The molecule has 4 rings (SSSR count). The van der Waals surface area contributed by atoms with Crippen molar-refractivity contribution >= 4 is 22.9 Å². The van der Waals surface area contributed by atoms with Crippen molar-refractivity contribution in [2.75, 3.05) is 44.2 Å². The van der Waals surface area contributed by atoms with E-state index in [1.54, 1.807) is 11.3 Å². The van der Waals surface area contributed by atoms with Crippen molar-refractivity contribution in [3.8, 4) is 0 Å². The van der Waals surface area contributed by atoms with Gasteiger partial charge in [0.15, 0.2) is 0 Å². The lowest BCUT2D eigenvalue weighted by molar-refractivity contribution is -0.133. The van der Waals surface area contributed by atoms with E-state index in [-0.39, 0.29) is 0 Å². The molecule has 2 aromatic rings. The van der Waals surface area contributed by atoms with Crippen molar-refractivity contribution in [3.63, 3.8) is 0 Å². The predicted octanol–water partition coefficient (Wildman–Crippen LogP) is 3.20. The van der Waals surface area contributed by atoms with Crippen molar-refractivity contribution in [1.82, 2.24) is 14.8 Å². The molecule has 28 heavy (non-hydrogen) atoms. The number of rotatable bonds is 5. The lowest BCUT2D eigenvalue weighted by atomic mass is 10.0. The smallest absolute Gasteiger partial charge is 0.222 e. The molecule has 2 aliphatic heterocycles. The Labute approximate surface area is 172 Å². The van der Waals surface area contributed by atoms with Crippen LogP contribution in [0.5, 0.6) is 0 Å². The molecule has 0 spiro atoms. The molecule has 1 atom stereocenters. The third-order valence-corrected chi connectivity index (χ3v) is 7.11. The van der Waals surface area contributed by atoms with Gasteiger partial charge in [-0.3, -0.25) is 9.69 Å². The molecule has 3 heterocycles. The fourth-order valence-corrected chi connectivity index (χ4v) is 5.19. The van der Waals surface area contributed by atoms with Gasteiger partial charge >= 0.3 is 0 Å². The van der Waals surface area contributed by atoms with Gasteiger partial charge in [0.05, 0.1) is 11.2 Å². The monoisotopic (exact) mass is 398 g/mol. The second kappa shape index (κ2) is 9.05. The minimum Gasteiger partial charge on any atom is -0.369 e. The molecule has 1 amide bonds. The summed E-state index contributed by atoms with van der Waals surface area (Å²) in [6, 6.07) is 11.2. The molecule has 2 aliphatic rings. The Hall–Kier alpha value is -1.92. The summed E-state index contributed by atoms with van der Waals surface area (Å²) in [7, 11) is 0. The van der Waals surface area contributed by atoms with E-state index in [4.69, 9.17) is 0 Å². The number of piperazine rings is 1. The first-order chi connectivity index (χ1) is 13.7. The van der Waals surface area contributed by atoms with Gasteiger partial charge in [-0.2, -0.15) is 0 Å². The first kappa shape index (κ1) is 19.4. The number of piperidine rings is 1. The first-order valence-electron chi connectivity index (χ1n) is 10.4. The normalized spacial score (nSPS) is 21.1. The number of carbonyl (C=O) groups is 1. The van der Waals surface area contributed by atoms with E-state index in [2.05, 4.69) is 50.0 Å². The van der Waals surface area contributed by atoms with Gasteiger partial charge in [-0.25, -0.2) is 4.98 Å². The van der Waals surface area contributed by atoms with Gasteiger partial charge in [-0.1, -0.05) is 18.2 Å². The van der Waals surface area contributed by atoms with Crippen LogP contribution in [0.25, 0.3) is 0 Å². The molecule has 1 unspecified atom stereocenters. The molecular formula is C22H30N4OS. The Morgan fingerprint density at radius 1 is 1.14 bits per heavy atom. The zero-order chi connectivity index (χ0) is 19.3. The highest BCUT2D eigenvalue weighted by Gasteiger charge is 2.29. The van der Waals surface area contributed by atoms with Gasteiger partial charge in [-0.05, 0) is 38.3 Å².